The van der Waals surface area contributed by atoms with Gasteiger partial charge in [0.2, 0.25) is 5.75 Å². The van der Waals surface area contributed by atoms with E-state index < -0.39 is 0 Å². The van der Waals surface area contributed by atoms with E-state index in [1.165, 1.54) is 0 Å². The number of carbonyl (C=O) groups excluding carboxylic acids is 1. The Morgan fingerprint density at radius 2 is 1.80 bits per heavy atom. The molecule has 0 saturated heterocycles. The summed E-state index contributed by atoms with van der Waals surface area (Å²) in [6, 6.07) is 11.0. The van der Waals surface area contributed by atoms with Crippen LogP contribution in [0.4, 0.5) is 0 Å². The maximum absolute atomic E-state index is 12.9. The number of hydrogen-bond donors (Lipinski definition) is 1. The summed E-state index contributed by atoms with van der Waals surface area (Å²) < 4.78 is 17.8. The van der Waals surface area contributed by atoms with E-state index in [1.807, 2.05) is 25.1 Å². The van der Waals surface area contributed by atoms with Gasteiger partial charge < -0.3 is 19.5 Å². The van der Waals surface area contributed by atoms with Crippen LogP contribution in [0.15, 0.2) is 42.6 Å². The van der Waals surface area contributed by atoms with Crippen LogP contribution < -0.4 is 19.5 Å². The van der Waals surface area contributed by atoms with Gasteiger partial charge in [-0.2, -0.15) is 5.10 Å². The first kappa shape index (κ1) is 21.5. The monoisotopic (exact) mass is 429 g/mol. The zero-order chi connectivity index (χ0) is 21.7. The highest BCUT2D eigenvalue weighted by molar-refractivity contribution is 6.30. The molecule has 0 saturated carbocycles. The van der Waals surface area contributed by atoms with Crippen molar-refractivity contribution in [3.05, 3.63) is 64.4 Å². The van der Waals surface area contributed by atoms with Gasteiger partial charge >= 0.3 is 0 Å². The summed E-state index contributed by atoms with van der Waals surface area (Å²) in [6.45, 7) is 2.27. The van der Waals surface area contributed by atoms with Crippen molar-refractivity contribution in [3.8, 4) is 22.9 Å². The molecule has 1 N–H and O–H groups in total. The van der Waals surface area contributed by atoms with E-state index in [1.54, 1.807) is 50.4 Å². The van der Waals surface area contributed by atoms with Gasteiger partial charge in [-0.15, -0.1) is 0 Å². The fourth-order valence-electron chi connectivity index (χ4n) is 3.25. The first-order chi connectivity index (χ1) is 14.5. The van der Waals surface area contributed by atoms with Gasteiger partial charge in [-0.3, -0.25) is 4.79 Å². The molecule has 0 bridgehead atoms. The number of aromatic nitrogens is 2. The third-order valence-electron chi connectivity index (χ3n) is 4.68. The Balaban J connectivity index is 1.82. The molecule has 0 unspecified atom stereocenters. The highest BCUT2D eigenvalue weighted by atomic mass is 35.5. The summed E-state index contributed by atoms with van der Waals surface area (Å²) >= 11 is 6.10. The molecule has 0 aliphatic carbocycles. The summed E-state index contributed by atoms with van der Waals surface area (Å²) in [7, 11) is 4.65. The smallest absolute Gasteiger partial charge is 0.255 e. The molecule has 8 heteroatoms. The maximum atomic E-state index is 12.9. The zero-order valence-electron chi connectivity index (χ0n) is 17.4. The summed E-state index contributed by atoms with van der Waals surface area (Å²) in [5.41, 5.74) is 2.95. The Hall–Kier alpha value is -3.19. The molecule has 0 atom stereocenters. The van der Waals surface area contributed by atoms with E-state index in [0.29, 0.717) is 40.8 Å². The summed E-state index contributed by atoms with van der Waals surface area (Å²) in [5, 5.41) is 7.94. The molecule has 0 aliphatic rings. The molecule has 3 aromatic rings. The van der Waals surface area contributed by atoms with Gasteiger partial charge in [0.15, 0.2) is 11.5 Å². The van der Waals surface area contributed by atoms with E-state index in [-0.39, 0.29) is 5.91 Å². The first-order valence-corrected chi connectivity index (χ1v) is 9.80. The molecule has 1 heterocycles. The number of rotatable bonds is 8. The van der Waals surface area contributed by atoms with Gasteiger partial charge in [0.25, 0.3) is 5.91 Å². The molecule has 0 spiro atoms. The molecule has 0 fully saturated rings. The summed E-state index contributed by atoms with van der Waals surface area (Å²) in [6.07, 6.45) is 2.21. The number of ether oxygens (including phenoxy) is 3. The van der Waals surface area contributed by atoms with Gasteiger partial charge in [-0.05, 0) is 42.3 Å². The van der Waals surface area contributed by atoms with Crippen molar-refractivity contribution in [2.45, 2.75) is 19.9 Å². The molecule has 0 radical (unpaired) electrons. The Morgan fingerprint density at radius 1 is 1.10 bits per heavy atom. The fourth-order valence-corrected chi connectivity index (χ4v) is 3.43. The second kappa shape index (κ2) is 9.54. The van der Waals surface area contributed by atoms with Crippen LogP contribution in [-0.4, -0.2) is 37.0 Å². The largest absolute Gasteiger partial charge is 0.493 e. The van der Waals surface area contributed by atoms with Gasteiger partial charge in [0.1, 0.15) is 0 Å². The van der Waals surface area contributed by atoms with Crippen LogP contribution in [0.2, 0.25) is 5.02 Å². The minimum atomic E-state index is -0.214. The van der Waals surface area contributed by atoms with E-state index in [2.05, 4.69) is 10.4 Å². The molecular formula is C22H24ClN3O4. The van der Waals surface area contributed by atoms with E-state index in [4.69, 9.17) is 25.8 Å². The first-order valence-electron chi connectivity index (χ1n) is 9.42. The minimum absolute atomic E-state index is 0.214. The Bertz CT molecular complexity index is 1020. The lowest BCUT2D eigenvalue weighted by Crippen LogP contribution is -2.24. The van der Waals surface area contributed by atoms with Crippen molar-refractivity contribution in [2.75, 3.05) is 21.3 Å². The van der Waals surface area contributed by atoms with Crippen LogP contribution in [-0.2, 0) is 13.0 Å². The Kier molecular flexibility index (Phi) is 6.84. The number of amides is 1. The van der Waals surface area contributed by atoms with Crippen LogP contribution in [0.3, 0.4) is 0 Å². The van der Waals surface area contributed by atoms with Gasteiger partial charge in [-0.1, -0.05) is 24.6 Å². The molecule has 1 amide bonds. The molecular weight excluding hydrogens is 406 g/mol. The number of benzene rings is 2. The maximum Gasteiger partial charge on any atom is 0.255 e. The predicted molar refractivity (Wildman–Crippen MR) is 115 cm³/mol. The molecule has 1 aromatic heterocycles. The third-order valence-corrected chi connectivity index (χ3v) is 4.91. The average Bonchev–Trinajstić information content (AvgIpc) is 3.20. The third kappa shape index (κ3) is 4.36. The van der Waals surface area contributed by atoms with Crippen LogP contribution in [0, 0.1) is 0 Å². The average molecular weight is 430 g/mol. The van der Waals surface area contributed by atoms with Crippen molar-refractivity contribution >= 4 is 17.5 Å². The number of hydrogen-bond acceptors (Lipinski definition) is 5. The van der Waals surface area contributed by atoms with Gasteiger partial charge in [0, 0.05) is 11.6 Å². The Labute approximate surface area is 180 Å². The number of nitrogens with one attached hydrogen (secondary N) is 1. The Morgan fingerprint density at radius 3 is 2.37 bits per heavy atom. The summed E-state index contributed by atoms with van der Waals surface area (Å²) in [5.74, 6) is 1.35. The molecule has 30 heavy (non-hydrogen) atoms. The molecule has 2 aromatic carbocycles. The molecule has 3 rings (SSSR count). The molecule has 7 nitrogen and oxygen atoms in total. The quantitative estimate of drug-likeness (QED) is 0.584. The predicted octanol–water partition coefficient (Wildman–Crippen LogP) is 4.04. The number of methoxy groups -OCH3 is 3. The van der Waals surface area contributed by atoms with Crippen molar-refractivity contribution < 1.29 is 19.0 Å². The summed E-state index contributed by atoms with van der Waals surface area (Å²) in [4.78, 5) is 12.9. The highest BCUT2D eigenvalue weighted by Gasteiger charge is 2.18. The van der Waals surface area contributed by atoms with Crippen LogP contribution in [0.5, 0.6) is 17.2 Å². The van der Waals surface area contributed by atoms with E-state index in [0.717, 1.165) is 16.9 Å². The van der Waals surface area contributed by atoms with Crippen LogP contribution in [0.25, 0.3) is 5.69 Å². The van der Waals surface area contributed by atoms with E-state index >= 15 is 0 Å². The van der Waals surface area contributed by atoms with Crippen LogP contribution >= 0.6 is 11.6 Å². The lowest BCUT2D eigenvalue weighted by atomic mass is 10.1. The van der Waals surface area contributed by atoms with Crippen molar-refractivity contribution in [3.63, 3.8) is 0 Å². The van der Waals surface area contributed by atoms with Crippen molar-refractivity contribution in [1.82, 2.24) is 15.1 Å². The van der Waals surface area contributed by atoms with Gasteiger partial charge in [-0.25, -0.2) is 4.68 Å². The van der Waals surface area contributed by atoms with Gasteiger partial charge in [0.05, 0.1) is 44.5 Å². The minimum Gasteiger partial charge on any atom is -0.493 e. The number of nitrogens with zero attached hydrogens (tertiary/aromatic N) is 2. The standard InChI is InChI=1S/C22H24ClN3O4/c1-5-18-17(13-25-26(18)16-8-6-7-15(23)11-16)22(27)24-12-14-9-19(28-2)21(30-4)20(10-14)29-3/h6-11,13H,5,12H2,1-4H3,(H,24,27). The van der Waals surface area contributed by atoms with Crippen LogP contribution in [0.1, 0.15) is 28.5 Å². The van der Waals surface area contributed by atoms with E-state index in [9.17, 15) is 4.79 Å². The normalized spacial score (nSPS) is 10.6. The number of carbonyl (C=O) groups is 1. The zero-order valence-corrected chi connectivity index (χ0v) is 18.1. The van der Waals surface area contributed by atoms with Crippen molar-refractivity contribution in [2.24, 2.45) is 0 Å². The second-order valence-corrected chi connectivity index (χ2v) is 6.90. The SMILES string of the molecule is CCc1c(C(=O)NCc2cc(OC)c(OC)c(OC)c2)cnn1-c1cccc(Cl)c1. The van der Waals surface area contributed by atoms with Crippen molar-refractivity contribution in [1.29, 1.82) is 0 Å². The highest BCUT2D eigenvalue weighted by Crippen LogP contribution is 2.38. The lowest BCUT2D eigenvalue weighted by molar-refractivity contribution is 0.0950. The molecule has 158 valence electrons. The fraction of sp³-hybridized carbons (Fsp3) is 0.273. The second-order valence-electron chi connectivity index (χ2n) is 6.47. The topological polar surface area (TPSA) is 74.6 Å². The molecule has 0 aliphatic heterocycles. The number of halogens is 1. The lowest BCUT2D eigenvalue weighted by Gasteiger charge is -2.14.